The molecule has 2 aromatic carbocycles. The van der Waals surface area contributed by atoms with Crippen LogP contribution in [0.25, 0.3) is 16.9 Å². The van der Waals surface area contributed by atoms with Crippen LogP contribution in [0.4, 0.5) is 4.39 Å². The average molecular weight is 414 g/mol. The van der Waals surface area contributed by atoms with Gasteiger partial charge in [0.2, 0.25) is 0 Å². The zero-order valence-electron chi connectivity index (χ0n) is 17.2. The molecule has 5 nitrogen and oxygen atoms in total. The first-order valence-electron chi connectivity index (χ1n) is 10.8. The Morgan fingerprint density at radius 2 is 1.77 bits per heavy atom. The van der Waals surface area contributed by atoms with E-state index in [1.54, 1.807) is 42.5 Å². The summed E-state index contributed by atoms with van der Waals surface area (Å²) in [5.74, 6) is -0.0156. The summed E-state index contributed by atoms with van der Waals surface area (Å²) in [4.78, 5) is 14.9. The third-order valence-electron chi connectivity index (χ3n) is 6.13. The molecular formula is C25H23FN4O. The zero-order chi connectivity index (χ0) is 21.4. The van der Waals surface area contributed by atoms with Crippen LogP contribution < -0.4 is 0 Å². The fraction of sp³-hybridized carbons (Fsp3) is 0.320. The fourth-order valence-electron chi connectivity index (χ4n) is 4.21. The van der Waals surface area contributed by atoms with Crippen LogP contribution in [0.2, 0.25) is 0 Å². The van der Waals surface area contributed by atoms with Gasteiger partial charge in [0.1, 0.15) is 11.5 Å². The Morgan fingerprint density at radius 1 is 1.03 bits per heavy atom. The molecule has 1 aromatic heterocycles. The van der Waals surface area contributed by atoms with E-state index in [4.69, 9.17) is 5.26 Å². The minimum Gasteiger partial charge on any atom is -0.337 e. The first kappa shape index (κ1) is 19.5. The molecule has 0 atom stereocenters. The van der Waals surface area contributed by atoms with Crippen LogP contribution in [-0.2, 0) is 0 Å². The smallest absolute Gasteiger partial charge is 0.274 e. The highest BCUT2D eigenvalue weighted by Crippen LogP contribution is 2.41. The molecule has 2 heterocycles. The summed E-state index contributed by atoms with van der Waals surface area (Å²) in [5, 5.41) is 13.6. The second-order valence-corrected chi connectivity index (χ2v) is 8.35. The molecule has 156 valence electrons. The molecule has 6 heteroatoms. The van der Waals surface area contributed by atoms with Gasteiger partial charge in [0.25, 0.3) is 5.91 Å². The van der Waals surface area contributed by atoms with Crippen LogP contribution >= 0.6 is 0 Å². The Balaban J connectivity index is 1.58. The van der Waals surface area contributed by atoms with E-state index in [0.29, 0.717) is 28.6 Å². The lowest BCUT2D eigenvalue weighted by atomic mass is 10.1. The highest BCUT2D eigenvalue weighted by atomic mass is 19.1. The summed E-state index contributed by atoms with van der Waals surface area (Å²) in [6.45, 7) is 1.45. The van der Waals surface area contributed by atoms with Gasteiger partial charge in [-0.1, -0.05) is 18.2 Å². The molecule has 1 amide bonds. The van der Waals surface area contributed by atoms with Gasteiger partial charge in [-0.25, -0.2) is 9.07 Å². The van der Waals surface area contributed by atoms with Gasteiger partial charge in [-0.15, -0.1) is 0 Å². The Labute approximate surface area is 180 Å². The molecule has 1 aliphatic carbocycles. The highest BCUT2D eigenvalue weighted by molar-refractivity contribution is 5.93. The second kappa shape index (κ2) is 7.99. The Morgan fingerprint density at radius 3 is 2.42 bits per heavy atom. The number of carbonyl (C=O) groups excluding carboxylic acids is 1. The van der Waals surface area contributed by atoms with Gasteiger partial charge in [-0.3, -0.25) is 4.79 Å². The molecule has 0 unspecified atom stereocenters. The number of piperidine rings is 1. The molecule has 1 saturated carbocycles. The van der Waals surface area contributed by atoms with Crippen molar-refractivity contribution in [1.82, 2.24) is 14.7 Å². The van der Waals surface area contributed by atoms with Crippen molar-refractivity contribution in [1.29, 1.82) is 5.26 Å². The van der Waals surface area contributed by atoms with Crippen molar-refractivity contribution in [3.8, 4) is 23.0 Å². The summed E-state index contributed by atoms with van der Waals surface area (Å²) in [7, 11) is 0. The van der Waals surface area contributed by atoms with Crippen LogP contribution in [0, 0.1) is 17.1 Å². The standard InChI is InChI=1S/C25H23FN4O/c26-21-14-20(18-8-9-18)10-11-23(21)30-24(19-6-4-17(16-27)5-7-19)15-22(28-30)25(31)29-12-2-1-3-13-29/h4-7,10-11,14-15,18H,1-3,8-9,12-13H2. The molecular weight excluding hydrogens is 391 g/mol. The Bertz CT molecular complexity index is 1170. The van der Waals surface area contributed by atoms with Gasteiger partial charge in [0, 0.05) is 18.7 Å². The topological polar surface area (TPSA) is 61.9 Å². The number of likely N-dealkylation sites (tertiary alicyclic amines) is 1. The number of rotatable bonds is 4. The molecule has 5 rings (SSSR count). The summed E-state index contributed by atoms with van der Waals surface area (Å²) < 4.78 is 16.6. The van der Waals surface area contributed by atoms with E-state index < -0.39 is 0 Å². The fourth-order valence-corrected chi connectivity index (χ4v) is 4.21. The van der Waals surface area contributed by atoms with E-state index in [9.17, 15) is 4.79 Å². The summed E-state index contributed by atoms with van der Waals surface area (Å²) >= 11 is 0. The maximum atomic E-state index is 15.1. The number of hydrogen-bond donors (Lipinski definition) is 0. The van der Waals surface area contributed by atoms with Crippen LogP contribution in [0.5, 0.6) is 0 Å². The van der Waals surface area contributed by atoms with E-state index in [1.165, 1.54) is 4.68 Å². The van der Waals surface area contributed by atoms with Crippen molar-refractivity contribution in [2.45, 2.75) is 38.0 Å². The minimum absolute atomic E-state index is 0.122. The largest absolute Gasteiger partial charge is 0.337 e. The van der Waals surface area contributed by atoms with Gasteiger partial charge in [-0.05, 0) is 73.9 Å². The second-order valence-electron chi connectivity index (χ2n) is 8.35. The van der Waals surface area contributed by atoms with Crippen LogP contribution in [0.3, 0.4) is 0 Å². The lowest BCUT2D eigenvalue weighted by Crippen LogP contribution is -2.35. The number of hydrogen-bond acceptors (Lipinski definition) is 3. The van der Waals surface area contributed by atoms with Gasteiger partial charge < -0.3 is 4.90 Å². The van der Waals surface area contributed by atoms with Crippen molar-refractivity contribution in [3.05, 3.63) is 71.2 Å². The molecule has 1 saturated heterocycles. The molecule has 31 heavy (non-hydrogen) atoms. The van der Waals surface area contributed by atoms with E-state index in [-0.39, 0.29) is 11.7 Å². The summed E-state index contributed by atoms with van der Waals surface area (Å²) in [6, 6.07) is 16.2. The molecule has 1 aliphatic heterocycles. The summed E-state index contributed by atoms with van der Waals surface area (Å²) in [5.41, 5.74) is 3.59. The van der Waals surface area contributed by atoms with Crippen LogP contribution in [0.1, 0.15) is 59.6 Å². The molecule has 3 aromatic rings. The SMILES string of the molecule is N#Cc1ccc(-c2cc(C(=O)N3CCCCC3)nn2-c2ccc(C3CC3)cc2F)cc1. The predicted molar refractivity (Wildman–Crippen MR) is 115 cm³/mol. The van der Waals surface area contributed by atoms with Gasteiger partial charge in [0.05, 0.1) is 17.3 Å². The maximum absolute atomic E-state index is 15.1. The molecule has 0 spiro atoms. The van der Waals surface area contributed by atoms with Crippen molar-refractivity contribution < 1.29 is 9.18 Å². The molecule has 0 bridgehead atoms. The van der Waals surface area contributed by atoms with Gasteiger partial charge >= 0.3 is 0 Å². The third-order valence-corrected chi connectivity index (χ3v) is 6.13. The highest BCUT2D eigenvalue weighted by Gasteiger charge is 2.26. The quantitative estimate of drug-likeness (QED) is 0.600. The molecule has 2 fully saturated rings. The summed E-state index contributed by atoms with van der Waals surface area (Å²) in [6.07, 6.45) is 5.32. The number of amides is 1. The van der Waals surface area contributed by atoms with E-state index in [0.717, 1.165) is 56.3 Å². The molecule has 2 aliphatic rings. The normalized spacial score (nSPS) is 16.2. The monoisotopic (exact) mass is 414 g/mol. The van der Waals surface area contributed by atoms with Crippen molar-refractivity contribution in [2.24, 2.45) is 0 Å². The van der Waals surface area contributed by atoms with Crippen LogP contribution in [-0.4, -0.2) is 33.7 Å². The minimum atomic E-state index is -0.348. The van der Waals surface area contributed by atoms with Crippen molar-refractivity contribution in [2.75, 3.05) is 13.1 Å². The number of nitriles is 1. The first-order chi connectivity index (χ1) is 15.1. The van der Waals surface area contributed by atoms with Crippen molar-refractivity contribution in [3.63, 3.8) is 0 Å². The molecule has 0 N–H and O–H groups in total. The predicted octanol–water partition coefficient (Wildman–Crippen LogP) is 5.05. The number of benzene rings is 2. The number of nitrogens with zero attached hydrogens (tertiary/aromatic N) is 4. The molecule has 0 radical (unpaired) electrons. The Hall–Kier alpha value is -3.46. The van der Waals surface area contributed by atoms with Crippen molar-refractivity contribution >= 4 is 5.91 Å². The van der Waals surface area contributed by atoms with E-state index in [1.807, 2.05) is 11.0 Å². The number of halogens is 1. The number of carbonyl (C=O) groups is 1. The number of aromatic nitrogens is 2. The van der Waals surface area contributed by atoms with Gasteiger partial charge in [-0.2, -0.15) is 10.4 Å². The Kier molecular flexibility index (Phi) is 5.03. The third kappa shape index (κ3) is 3.84. The zero-order valence-corrected chi connectivity index (χ0v) is 17.2. The van der Waals surface area contributed by atoms with E-state index in [2.05, 4.69) is 11.2 Å². The average Bonchev–Trinajstić information content (AvgIpc) is 3.58. The van der Waals surface area contributed by atoms with E-state index >= 15 is 4.39 Å². The van der Waals surface area contributed by atoms with Crippen LogP contribution in [0.15, 0.2) is 48.5 Å². The first-order valence-corrected chi connectivity index (χ1v) is 10.8. The lowest BCUT2D eigenvalue weighted by Gasteiger charge is -2.25. The lowest BCUT2D eigenvalue weighted by molar-refractivity contribution is 0.0718. The van der Waals surface area contributed by atoms with Gasteiger partial charge in [0.15, 0.2) is 5.69 Å². The maximum Gasteiger partial charge on any atom is 0.274 e.